The molecule has 1 saturated heterocycles. The first-order valence-electron chi connectivity index (χ1n) is 13.3. The molecule has 1 unspecified atom stereocenters. The van der Waals surface area contributed by atoms with Crippen LogP contribution in [0.5, 0.6) is 0 Å². The number of piperidine rings is 1. The second-order valence-corrected chi connectivity index (χ2v) is 10.9. The van der Waals surface area contributed by atoms with Crippen LogP contribution in [-0.2, 0) is 19.1 Å². The maximum atomic E-state index is 13.7. The molecule has 1 amide bonds. The molecule has 1 fully saturated rings. The van der Waals surface area contributed by atoms with Crippen LogP contribution in [0.1, 0.15) is 68.6 Å². The Morgan fingerprint density at radius 3 is 2.36 bits per heavy atom. The molecule has 0 bridgehead atoms. The Bertz CT molecular complexity index is 1170. The zero-order chi connectivity index (χ0) is 28.9. The molecule has 1 aromatic heterocycles. The monoisotopic (exact) mass is 546 g/mol. The Labute approximate surface area is 227 Å². The van der Waals surface area contributed by atoms with E-state index in [0.717, 1.165) is 22.3 Å². The van der Waals surface area contributed by atoms with Crippen LogP contribution < -0.4 is 0 Å². The number of ether oxygens (including phenoxy) is 1. The molecular formula is C30H37F3N2O4. The standard InChI is InChI=1S/C30H37F3N2O4/c1-18(2)11-25(35-10-9-24(15-27(35)37)30(31,32)33)26(36)13-21(14-28(38)39-5)22-12-23(17-34-16-22)29-19(3)7-6-8-20(29)4/h6-8,12,16-18,21,24-25H,9-11,13-15H2,1-5H3/t21-,24?,25-/m0/s1. The summed E-state index contributed by atoms with van der Waals surface area (Å²) < 4.78 is 44.6. The summed E-state index contributed by atoms with van der Waals surface area (Å²) in [4.78, 5) is 44.6. The highest BCUT2D eigenvalue weighted by Crippen LogP contribution is 2.37. The number of carbonyl (C=O) groups excluding carboxylic acids is 3. The lowest BCUT2D eigenvalue weighted by Crippen LogP contribution is -2.51. The second-order valence-electron chi connectivity index (χ2n) is 10.9. The van der Waals surface area contributed by atoms with Gasteiger partial charge in [0.1, 0.15) is 0 Å². The van der Waals surface area contributed by atoms with Crippen LogP contribution in [0.25, 0.3) is 11.1 Å². The van der Waals surface area contributed by atoms with Gasteiger partial charge in [0, 0.05) is 43.3 Å². The molecule has 212 valence electrons. The van der Waals surface area contributed by atoms with Crippen LogP contribution >= 0.6 is 0 Å². The van der Waals surface area contributed by atoms with Crippen LogP contribution in [0.3, 0.4) is 0 Å². The normalized spacial score (nSPS) is 17.7. The number of halogens is 3. The smallest absolute Gasteiger partial charge is 0.392 e. The average molecular weight is 547 g/mol. The van der Waals surface area contributed by atoms with Gasteiger partial charge in [0.15, 0.2) is 5.78 Å². The minimum Gasteiger partial charge on any atom is -0.469 e. The maximum Gasteiger partial charge on any atom is 0.392 e. The number of amides is 1. The number of methoxy groups -OCH3 is 1. The van der Waals surface area contributed by atoms with Gasteiger partial charge in [0.05, 0.1) is 25.5 Å². The lowest BCUT2D eigenvalue weighted by molar-refractivity contribution is -0.191. The van der Waals surface area contributed by atoms with Crippen molar-refractivity contribution < 1.29 is 32.3 Å². The number of carbonyl (C=O) groups is 3. The van der Waals surface area contributed by atoms with E-state index in [1.54, 1.807) is 12.4 Å². The van der Waals surface area contributed by atoms with E-state index in [9.17, 15) is 27.6 Å². The number of aryl methyl sites for hydroxylation is 2. The third-order valence-corrected chi connectivity index (χ3v) is 7.45. The van der Waals surface area contributed by atoms with Gasteiger partial charge < -0.3 is 9.64 Å². The number of Topliss-reactive ketones (excluding diaryl/α,β-unsaturated/α-hetero) is 1. The summed E-state index contributed by atoms with van der Waals surface area (Å²) in [5.74, 6) is -3.67. The number of benzene rings is 1. The Hall–Kier alpha value is -3.23. The Morgan fingerprint density at radius 1 is 1.13 bits per heavy atom. The SMILES string of the molecule is COC(=O)C[C@H](CC(=O)[C@H](CC(C)C)N1CCC(C(F)(F)F)CC1=O)c1cncc(-c2c(C)cccc2C)c1. The molecule has 3 rings (SSSR count). The van der Waals surface area contributed by atoms with Gasteiger partial charge in [0.25, 0.3) is 0 Å². The van der Waals surface area contributed by atoms with E-state index in [2.05, 4.69) is 4.98 Å². The van der Waals surface area contributed by atoms with Crippen molar-refractivity contribution in [3.63, 3.8) is 0 Å². The summed E-state index contributed by atoms with van der Waals surface area (Å²) in [6.07, 6.45) is -1.79. The molecular weight excluding hydrogens is 509 g/mol. The number of likely N-dealkylation sites (tertiary alicyclic amines) is 1. The van der Waals surface area contributed by atoms with E-state index in [0.29, 0.717) is 12.0 Å². The maximum absolute atomic E-state index is 13.7. The third-order valence-electron chi connectivity index (χ3n) is 7.45. The van der Waals surface area contributed by atoms with Crippen molar-refractivity contribution in [2.45, 2.75) is 77.9 Å². The lowest BCUT2D eigenvalue weighted by Gasteiger charge is -2.38. The minimum atomic E-state index is -4.45. The largest absolute Gasteiger partial charge is 0.469 e. The van der Waals surface area contributed by atoms with Gasteiger partial charge in [-0.2, -0.15) is 13.2 Å². The number of aromatic nitrogens is 1. The van der Waals surface area contributed by atoms with Crippen LogP contribution in [0.2, 0.25) is 0 Å². The van der Waals surface area contributed by atoms with Gasteiger partial charge >= 0.3 is 12.1 Å². The molecule has 0 spiro atoms. The molecule has 2 aromatic rings. The molecule has 6 nitrogen and oxygen atoms in total. The number of esters is 1. The number of pyridine rings is 1. The molecule has 0 saturated carbocycles. The highest BCUT2D eigenvalue weighted by molar-refractivity contribution is 5.90. The van der Waals surface area contributed by atoms with Crippen molar-refractivity contribution in [2.24, 2.45) is 11.8 Å². The minimum absolute atomic E-state index is 0.0279. The zero-order valence-corrected chi connectivity index (χ0v) is 23.2. The fourth-order valence-electron chi connectivity index (χ4n) is 5.40. The average Bonchev–Trinajstić information content (AvgIpc) is 2.86. The molecule has 1 aliphatic heterocycles. The van der Waals surface area contributed by atoms with Crippen LogP contribution in [-0.4, -0.2) is 53.4 Å². The summed E-state index contributed by atoms with van der Waals surface area (Å²) in [5, 5.41) is 0. The van der Waals surface area contributed by atoms with Crippen molar-refractivity contribution in [3.8, 4) is 11.1 Å². The lowest BCUT2D eigenvalue weighted by atomic mass is 9.85. The molecule has 39 heavy (non-hydrogen) atoms. The van der Waals surface area contributed by atoms with Gasteiger partial charge in [-0.15, -0.1) is 0 Å². The molecule has 1 aromatic carbocycles. The number of hydrogen-bond acceptors (Lipinski definition) is 5. The van der Waals surface area contributed by atoms with E-state index < -0.39 is 42.4 Å². The van der Waals surface area contributed by atoms with E-state index in [-0.39, 0.29) is 37.5 Å². The number of nitrogens with zero attached hydrogens (tertiary/aromatic N) is 2. The first-order valence-corrected chi connectivity index (χ1v) is 13.3. The van der Waals surface area contributed by atoms with Crippen LogP contribution in [0.4, 0.5) is 13.2 Å². The fraction of sp³-hybridized carbons (Fsp3) is 0.533. The summed E-state index contributed by atoms with van der Waals surface area (Å²) in [6.45, 7) is 7.67. The molecule has 0 radical (unpaired) electrons. The first-order chi connectivity index (χ1) is 18.3. The highest BCUT2D eigenvalue weighted by Gasteiger charge is 2.46. The third kappa shape index (κ3) is 7.67. The summed E-state index contributed by atoms with van der Waals surface area (Å²) in [6, 6.07) is 7.03. The van der Waals surface area contributed by atoms with E-state index >= 15 is 0 Å². The van der Waals surface area contributed by atoms with Gasteiger partial charge in [-0.3, -0.25) is 19.4 Å². The Kier molecular flexibility index (Phi) is 9.91. The molecule has 1 aliphatic rings. The molecule has 3 atom stereocenters. The fourth-order valence-corrected chi connectivity index (χ4v) is 5.40. The molecule has 9 heteroatoms. The van der Waals surface area contributed by atoms with Crippen molar-refractivity contribution in [1.29, 1.82) is 0 Å². The predicted octanol–water partition coefficient (Wildman–Crippen LogP) is 6.19. The summed E-state index contributed by atoms with van der Waals surface area (Å²) in [5.41, 5.74) is 4.68. The van der Waals surface area contributed by atoms with Crippen molar-refractivity contribution in [2.75, 3.05) is 13.7 Å². The van der Waals surface area contributed by atoms with Crippen LogP contribution in [0, 0.1) is 25.7 Å². The number of alkyl halides is 3. The van der Waals surface area contributed by atoms with Gasteiger partial charge in [-0.25, -0.2) is 0 Å². The Morgan fingerprint density at radius 2 is 1.79 bits per heavy atom. The van der Waals surface area contributed by atoms with E-state index in [4.69, 9.17) is 4.74 Å². The van der Waals surface area contributed by atoms with E-state index in [1.165, 1.54) is 12.0 Å². The van der Waals surface area contributed by atoms with Crippen molar-refractivity contribution >= 4 is 17.7 Å². The summed E-state index contributed by atoms with van der Waals surface area (Å²) >= 11 is 0. The highest BCUT2D eigenvalue weighted by atomic mass is 19.4. The van der Waals surface area contributed by atoms with Crippen molar-refractivity contribution in [1.82, 2.24) is 9.88 Å². The van der Waals surface area contributed by atoms with Gasteiger partial charge in [-0.05, 0) is 60.9 Å². The second kappa shape index (κ2) is 12.7. The first kappa shape index (κ1) is 30.3. The Balaban J connectivity index is 1.91. The van der Waals surface area contributed by atoms with Crippen LogP contribution in [0.15, 0.2) is 36.7 Å². The molecule has 0 N–H and O–H groups in total. The predicted molar refractivity (Wildman–Crippen MR) is 142 cm³/mol. The number of hydrogen-bond donors (Lipinski definition) is 0. The number of rotatable bonds is 10. The van der Waals surface area contributed by atoms with Gasteiger partial charge in [0.2, 0.25) is 5.91 Å². The van der Waals surface area contributed by atoms with Gasteiger partial charge in [-0.1, -0.05) is 32.0 Å². The molecule has 0 aliphatic carbocycles. The van der Waals surface area contributed by atoms with E-state index in [1.807, 2.05) is 52.0 Å². The molecule has 2 heterocycles. The summed E-state index contributed by atoms with van der Waals surface area (Å²) in [7, 11) is 1.28. The zero-order valence-electron chi connectivity index (χ0n) is 23.2. The topological polar surface area (TPSA) is 76.6 Å². The quantitative estimate of drug-likeness (QED) is 0.332. The number of ketones is 1. The van der Waals surface area contributed by atoms with Crippen molar-refractivity contribution in [3.05, 3.63) is 53.3 Å².